The lowest BCUT2D eigenvalue weighted by atomic mass is 10.0. The summed E-state index contributed by atoms with van der Waals surface area (Å²) in [5.41, 5.74) is 15.8. The van der Waals surface area contributed by atoms with Crippen LogP contribution in [0.2, 0.25) is 0 Å². The Hall–Kier alpha value is -2.84. The molecule has 3 aromatic rings. The Morgan fingerprint density at radius 2 is 2.03 bits per heavy atom. The molecular formula is C22H24BrN7. The predicted molar refractivity (Wildman–Crippen MR) is 124 cm³/mol. The number of nitrogens with one attached hydrogen (secondary N) is 1. The lowest BCUT2D eigenvalue weighted by Gasteiger charge is -2.23. The predicted octanol–water partition coefficient (Wildman–Crippen LogP) is 3.62. The molecule has 0 spiro atoms. The fourth-order valence-electron chi connectivity index (χ4n) is 3.62. The first kappa shape index (κ1) is 20.4. The summed E-state index contributed by atoms with van der Waals surface area (Å²) in [6.45, 7) is 1.75. The number of aromatic nitrogens is 3. The molecule has 1 atom stereocenters. The molecule has 4 rings (SSSR count). The molecule has 1 fully saturated rings. The van der Waals surface area contributed by atoms with E-state index in [4.69, 9.17) is 21.9 Å². The quantitative estimate of drug-likeness (QED) is 0.506. The van der Waals surface area contributed by atoms with Crippen molar-refractivity contribution in [1.29, 1.82) is 5.41 Å². The third kappa shape index (κ3) is 4.34. The number of hydrogen-bond donors (Lipinski definition) is 3. The summed E-state index contributed by atoms with van der Waals surface area (Å²) in [5, 5.41) is 8.79. The first-order chi connectivity index (χ1) is 14.5. The van der Waals surface area contributed by atoms with Crippen LogP contribution in [0.4, 0.5) is 11.5 Å². The molecule has 1 aliphatic rings. The Labute approximate surface area is 184 Å². The Morgan fingerprint density at radius 3 is 2.83 bits per heavy atom. The largest absolute Gasteiger partial charge is 0.397 e. The van der Waals surface area contributed by atoms with Crippen molar-refractivity contribution >= 4 is 33.1 Å². The Kier molecular flexibility index (Phi) is 6.06. The monoisotopic (exact) mass is 465 g/mol. The summed E-state index contributed by atoms with van der Waals surface area (Å²) >= 11 is 3.62. The van der Waals surface area contributed by atoms with Gasteiger partial charge < -0.3 is 16.4 Å². The van der Waals surface area contributed by atoms with Crippen molar-refractivity contribution in [3.63, 3.8) is 0 Å². The second-order valence-electron chi connectivity index (χ2n) is 7.45. The standard InChI is InChI=1S/C22H24BrN7/c23-17-5-6-19(29-22(17)30-9-2-4-15(24)7-10-30)21(26)16-11-20(28-13-18(16)25)14-3-1-8-27-12-14/h1,3,5-6,8,11-13,15,26H,2,4,7,9-10,24-25H2. The van der Waals surface area contributed by atoms with Crippen molar-refractivity contribution in [1.82, 2.24) is 15.0 Å². The second kappa shape index (κ2) is 8.89. The molecule has 0 aliphatic carbocycles. The van der Waals surface area contributed by atoms with E-state index in [1.165, 1.54) is 0 Å². The first-order valence-electron chi connectivity index (χ1n) is 9.95. The van der Waals surface area contributed by atoms with Gasteiger partial charge in [-0.15, -0.1) is 0 Å². The van der Waals surface area contributed by atoms with Crippen LogP contribution in [0.5, 0.6) is 0 Å². The maximum atomic E-state index is 8.79. The van der Waals surface area contributed by atoms with Crippen molar-refractivity contribution in [2.75, 3.05) is 23.7 Å². The van der Waals surface area contributed by atoms with Gasteiger partial charge >= 0.3 is 0 Å². The van der Waals surface area contributed by atoms with Gasteiger partial charge in [0, 0.05) is 42.7 Å². The number of nitrogens with two attached hydrogens (primary N) is 2. The molecule has 4 heterocycles. The van der Waals surface area contributed by atoms with Crippen LogP contribution in [0, 0.1) is 5.41 Å². The molecule has 0 radical (unpaired) electrons. The van der Waals surface area contributed by atoms with Gasteiger partial charge in [-0.2, -0.15) is 0 Å². The van der Waals surface area contributed by atoms with Gasteiger partial charge in [0.05, 0.1) is 33.5 Å². The fraction of sp³-hybridized carbons (Fsp3) is 0.273. The number of nitrogens with zero attached hydrogens (tertiary/aromatic N) is 4. The molecule has 1 saturated heterocycles. The van der Waals surface area contributed by atoms with E-state index in [1.807, 2.05) is 30.3 Å². The highest BCUT2D eigenvalue weighted by molar-refractivity contribution is 9.10. The van der Waals surface area contributed by atoms with Gasteiger partial charge in [-0.1, -0.05) is 0 Å². The van der Waals surface area contributed by atoms with Crippen LogP contribution in [-0.2, 0) is 0 Å². The van der Waals surface area contributed by atoms with Gasteiger partial charge in [-0.3, -0.25) is 15.4 Å². The number of nitrogen functional groups attached to an aromatic ring is 1. The van der Waals surface area contributed by atoms with E-state index in [1.54, 1.807) is 18.6 Å². The van der Waals surface area contributed by atoms with E-state index in [0.717, 1.165) is 53.9 Å². The van der Waals surface area contributed by atoms with Crippen LogP contribution in [-0.4, -0.2) is 39.8 Å². The minimum atomic E-state index is 0.234. The van der Waals surface area contributed by atoms with Crippen LogP contribution in [0.1, 0.15) is 30.5 Å². The number of halogens is 1. The molecule has 7 nitrogen and oxygen atoms in total. The zero-order valence-corrected chi connectivity index (χ0v) is 18.1. The van der Waals surface area contributed by atoms with Crippen LogP contribution in [0.15, 0.2) is 53.4 Å². The van der Waals surface area contributed by atoms with Crippen molar-refractivity contribution < 1.29 is 0 Å². The number of pyridine rings is 3. The molecule has 3 aromatic heterocycles. The summed E-state index contributed by atoms with van der Waals surface area (Å²) in [6.07, 6.45) is 8.03. The SMILES string of the molecule is N=C(c1ccc(Br)c(N2CCCC(N)CC2)n1)c1cc(-c2cccnc2)ncc1N. The van der Waals surface area contributed by atoms with Gasteiger partial charge in [0.1, 0.15) is 5.82 Å². The molecule has 154 valence electrons. The minimum absolute atomic E-state index is 0.234. The second-order valence-corrected chi connectivity index (χ2v) is 8.31. The summed E-state index contributed by atoms with van der Waals surface area (Å²) in [4.78, 5) is 15.6. The smallest absolute Gasteiger partial charge is 0.143 e. The Bertz CT molecular complexity index is 1050. The summed E-state index contributed by atoms with van der Waals surface area (Å²) < 4.78 is 0.910. The molecular weight excluding hydrogens is 442 g/mol. The van der Waals surface area contributed by atoms with Crippen molar-refractivity contribution in [3.8, 4) is 11.3 Å². The number of hydrogen-bond acceptors (Lipinski definition) is 7. The molecule has 8 heteroatoms. The van der Waals surface area contributed by atoms with Gasteiger partial charge in [0.2, 0.25) is 0 Å². The van der Waals surface area contributed by atoms with Crippen molar-refractivity contribution in [3.05, 3.63) is 64.7 Å². The van der Waals surface area contributed by atoms with E-state index in [2.05, 4.69) is 30.8 Å². The molecule has 1 aliphatic heterocycles. The topological polar surface area (TPSA) is 118 Å². The van der Waals surface area contributed by atoms with Gasteiger partial charge in [-0.25, -0.2) is 4.98 Å². The Morgan fingerprint density at radius 1 is 1.17 bits per heavy atom. The molecule has 0 saturated carbocycles. The number of rotatable bonds is 4. The Balaban J connectivity index is 1.67. The lowest BCUT2D eigenvalue weighted by molar-refractivity contribution is 0.601. The maximum Gasteiger partial charge on any atom is 0.143 e. The highest BCUT2D eigenvalue weighted by Crippen LogP contribution is 2.28. The van der Waals surface area contributed by atoms with Gasteiger partial charge in [-0.05, 0) is 65.5 Å². The third-order valence-corrected chi connectivity index (χ3v) is 5.94. The van der Waals surface area contributed by atoms with Gasteiger partial charge in [0.25, 0.3) is 0 Å². The molecule has 1 unspecified atom stereocenters. The fourth-order valence-corrected chi connectivity index (χ4v) is 4.09. The van der Waals surface area contributed by atoms with Gasteiger partial charge in [0.15, 0.2) is 0 Å². The molecule has 30 heavy (non-hydrogen) atoms. The van der Waals surface area contributed by atoms with Crippen LogP contribution in [0.25, 0.3) is 11.3 Å². The molecule has 0 amide bonds. The number of anilines is 2. The van der Waals surface area contributed by atoms with E-state index in [-0.39, 0.29) is 11.8 Å². The van der Waals surface area contributed by atoms with Crippen LogP contribution in [0.3, 0.4) is 0 Å². The summed E-state index contributed by atoms with van der Waals surface area (Å²) in [7, 11) is 0. The summed E-state index contributed by atoms with van der Waals surface area (Å²) in [5.74, 6) is 0.839. The average Bonchev–Trinajstić information content (AvgIpc) is 2.99. The van der Waals surface area contributed by atoms with E-state index >= 15 is 0 Å². The van der Waals surface area contributed by atoms with Crippen molar-refractivity contribution in [2.45, 2.75) is 25.3 Å². The average molecular weight is 466 g/mol. The first-order valence-corrected chi connectivity index (χ1v) is 10.7. The highest BCUT2D eigenvalue weighted by Gasteiger charge is 2.20. The molecule has 0 aromatic carbocycles. The highest BCUT2D eigenvalue weighted by atomic mass is 79.9. The van der Waals surface area contributed by atoms with E-state index in [0.29, 0.717) is 16.9 Å². The normalized spacial score (nSPS) is 16.9. The lowest BCUT2D eigenvalue weighted by Crippen LogP contribution is -2.28. The van der Waals surface area contributed by atoms with E-state index < -0.39 is 0 Å². The third-order valence-electron chi connectivity index (χ3n) is 5.32. The molecule has 0 bridgehead atoms. The maximum absolute atomic E-state index is 8.79. The zero-order valence-electron chi connectivity index (χ0n) is 16.6. The zero-order chi connectivity index (χ0) is 21.1. The molecule has 5 N–H and O–H groups in total. The van der Waals surface area contributed by atoms with Crippen LogP contribution < -0.4 is 16.4 Å². The summed E-state index contributed by atoms with van der Waals surface area (Å²) in [6, 6.07) is 9.62. The minimum Gasteiger partial charge on any atom is -0.397 e. The van der Waals surface area contributed by atoms with E-state index in [9.17, 15) is 0 Å². The van der Waals surface area contributed by atoms with Crippen molar-refractivity contribution in [2.24, 2.45) is 5.73 Å². The van der Waals surface area contributed by atoms with Crippen LogP contribution >= 0.6 is 15.9 Å².